The van der Waals surface area contributed by atoms with Gasteiger partial charge in [-0.3, -0.25) is 4.79 Å². The Morgan fingerprint density at radius 3 is 2.95 bits per heavy atom. The zero-order valence-corrected chi connectivity index (χ0v) is 13.4. The third-order valence-corrected chi connectivity index (χ3v) is 4.51. The molecule has 2 heterocycles. The number of aromatic nitrogens is 1. The molecule has 1 N–H and O–H groups in total. The lowest BCUT2D eigenvalue weighted by molar-refractivity contribution is 0.0733. The van der Waals surface area contributed by atoms with Crippen LogP contribution in [0.4, 0.5) is 0 Å². The number of carbonyl (C=O) groups excluding carboxylic acids is 1. The van der Waals surface area contributed by atoms with Gasteiger partial charge in [-0.2, -0.15) is 0 Å². The molecule has 1 aliphatic heterocycles. The lowest BCUT2D eigenvalue weighted by Gasteiger charge is -2.24. The second-order valence-electron chi connectivity index (χ2n) is 5.13. The third-order valence-electron chi connectivity index (χ3n) is 3.89. The SMILES string of the molecule is COc1ccc(C(=O)N2CCCC2c2ccc[nH]2)cc1Br. The number of nitrogens with one attached hydrogen (secondary N) is 1. The van der Waals surface area contributed by atoms with Crippen LogP contribution in [0.2, 0.25) is 0 Å². The highest BCUT2D eigenvalue weighted by Crippen LogP contribution is 2.33. The number of carbonyl (C=O) groups is 1. The number of nitrogens with zero attached hydrogens (tertiary/aromatic N) is 1. The fourth-order valence-corrected chi connectivity index (χ4v) is 3.39. The monoisotopic (exact) mass is 348 g/mol. The molecule has 1 saturated heterocycles. The van der Waals surface area contributed by atoms with Gasteiger partial charge < -0.3 is 14.6 Å². The van der Waals surface area contributed by atoms with E-state index in [2.05, 4.69) is 20.9 Å². The van der Waals surface area contributed by atoms with Gasteiger partial charge in [-0.25, -0.2) is 0 Å². The summed E-state index contributed by atoms with van der Waals surface area (Å²) in [6, 6.07) is 9.62. The van der Waals surface area contributed by atoms with E-state index in [-0.39, 0.29) is 11.9 Å². The van der Waals surface area contributed by atoms with Crippen LogP contribution < -0.4 is 4.74 Å². The van der Waals surface area contributed by atoms with E-state index in [9.17, 15) is 4.79 Å². The average molecular weight is 349 g/mol. The molecule has 110 valence electrons. The number of amides is 1. The Balaban J connectivity index is 1.86. The molecule has 2 aromatic rings. The number of benzene rings is 1. The van der Waals surface area contributed by atoms with Gasteiger partial charge in [-0.1, -0.05) is 0 Å². The van der Waals surface area contributed by atoms with Crippen molar-refractivity contribution in [2.45, 2.75) is 18.9 Å². The van der Waals surface area contributed by atoms with E-state index in [4.69, 9.17) is 4.74 Å². The minimum absolute atomic E-state index is 0.0652. The second-order valence-corrected chi connectivity index (χ2v) is 5.99. The first kappa shape index (κ1) is 14.2. The molecule has 0 aliphatic carbocycles. The van der Waals surface area contributed by atoms with Crippen molar-refractivity contribution in [2.24, 2.45) is 0 Å². The summed E-state index contributed by atoms with van der Waals surface area (Å²) in [6.45, 7) is 0.798. The van der Waals surface area contributed by atoms with Crippen LogP contribution in [0.25, 0.3) is 0 Å². The maximum atomic E-state index is 12.8. The van der Waals surface area contributed by atoms with Gasteiger partial charge >= 0.3 is 0 Å². The molecule has 0 spiro atoms. The summed E-state index contributed by atoms with van der Waals surface area (Å²) in [5.74, 6) is 0.796. The number of likely N-dealkylation sites (tertiary alicyclic amines) is 1. The average Bonchev–Trinajstić information content (AvgIpc) is 3.16. The number of H-pyrrole nitrogens is 1. The number of ether oxygens (including phenoxy) is 1. The van der Waals surface area contributed by atoms with Crippen molar-refractivity contribution < 1.29 is 9.53 Å². The molecule has 1 unspecified atom stereocenters. The summed E-state index contributed by atoms with van der Waals surface area (Å²) in [5.41, 5.74) is 1.79. The van der Waals surface area contributed by atoms with Crippen LogP contribution in [0.3, 0.4) is 0 Å². The maximum Gasteiger partial charge on any atom is 0.254 e. The highest BCUT2D eigenvalue weighted by atomic mass is 79.9. The largest absolute Gasteiger partial charge is 0.496 e. The standard InChI is InChI=1S/C16H17BrN2O2/c1-21-15-7-6-11(10-12(15)17)16(20)19-9-3-5-14(19)13-4-2-8-18-13/h2,4,6-8,10,14,18H,3,5,9H2,1H3. The highest BCUT2D eigenvalue weighted by Gasteiger charge is 2.31. The van der Waals surface area contributed by atoms with Gasteiger partial charge in [0.05, 0.1) is 17.6 Å². The van der Waals surface area contributed by atoms with Crippen molar-refractivity contribution in [1.29, 1.82) is 0 Å². The lowest BCUT2D eigenvalue weighted by Crippen LogP contribution is -2.30. The molecular formula is C16H17BrN2O2. The van der Waals surface area contributed by atoms with Crippen molar-refractivity contribution in [3.8, 4) is 5.75 Å². The lowest BCUT2D eigenvalue weighted by atomic mass is 10.1. The minimum atomic E-state index is 0.0652. The van der Waals surface area contributed by atoms with Crippen LogP contribution in [0.1, 0.15) is 34.9 Å². The normalized spacial score (nSPS) is 18.0. The molecule has 1 fully saturated rings. The first-order valence-corrected chi connectivity index (χ1v) is 7.78. The maximum absolute atomic E-state index is 12.8. The number of rotatable bonds is 3. The molecule has 4 nitrogen and oxygen atoms in total. The summed E-state index contributed by atoms with van der Waals surface area (Å²) >= 11 is 3.44. The van der Waals surface area contributed by atoms with E-state index in [1.54, 1.807) is 7.11 Å². The zero-order chi connectivity index (χ0) is 14.8. The Labute approximate surface area is 132 Å². The fourth-order valence-electron chi connectivity index (χ4n) is 2.85. The van der Waals surface area contributed by atoms with Gasteiger partial charge in [-0.15, -0.1) is 0 Å². The predicted molar refractivity (Wildman–Crippen MR) is 84.5 cm³/mol. The topological polar surface area (TPSA) is 45.3 Å². The van der Waals surface area contributed by atoms with Gasteiger partial charge in [0.15, 0.2) is 0 Å². The number of halogens is 1. The Bertz CT molecular complexity index is 640. The number of methoxy groups -OCH3 is 1. The molecule has 1 atom stereocenters. The summed E-state index contributed by atoms with van der Waals surface area (Å²) in [5, 5.41) is 0. The fraction of sp³-hybridized carbons (Fsp3) is 0.312. The molecule has 0 saturated carbocycles. The summed E-state index contributed by atoms with van der Waals surface area (Å²) in [6.07, 6.45) is 3.94. The zero-order valence-electron chi connectivity index (χ0n) is 11.8. The van der Waals surface area contributed by atoms with E-state index in [1.165, 1.54) is 0 Å². The van der Waals surface area contributed by atoms with E-state index < -0.39 is 0 Å². The minimum Gasteiger partial charge on any atom is -0.496 e. The van der Waals surface area contributed by atoms with E-state index in [1.807, 2.05) is 41.4 Å². The predicted octanol–water partition coefficient (Wildman–Crippen LogP) is 3.76. The molecule has 1 aromatic heterocycles. The molecule has 5 heteroatoms. The van der Waals surface area contributed by atoms with Gasteiger partial charge in [-0.05, 0) is 59.1 Å². The second kappa shape index (κ2) is 5.93. The molecule has 0 radical (unpaired) electrons. The Kier molecular flexibility index (Phi) is 4.01. The highest BCUT2D eigenvalue weighted by molar-refractivity contribution is 9.10. The van der Waals surface area contributed by atoms with Crippen LogP contribution >= 0.6 is 15.9 Å². The quantitative estimate of drug-likeness (QED) is 0.917. The van der Waals surface area contributed by atoms with E-state index in [0.717, 1.165) is 35.3 Å². The van der Waals surface area contributed by atoms with Gasteiger partial charge in [0, 0.05) is 24.0 Å². The van der Waals surface area contributed by atoms with Gasteiger partial charge in [0.1, 0.15) is 5.75 Å². The molecule has 0 bridgehead atoms. The molecule has 1 aliphatic rings. The summed E-state index contributed by atoms with van der Waals surface area (Å²) in [7, 11) is 1.61. The Morgan fingerprint density at radius 2 is 2.29 bits per heavy atom. The van der Waals surface area contributed by atoms with Crippen molar-refractivity contribution in [2.75, 3.05) is 13.7 Å². The van der Waals surface area contributed by atoms with Gasteiger partial charge in [0.25, 0.3) is 5.91 Å². The van der Waals surface area contributed by atoms with Crippen LogP contribution in [0.5, 0.6) is 5.75 Å². The third kappa shape index (κ3) is 2.70. The van der Waals surface area contributed by atoms with Crippen LogP contribution in [0.15, 0.2) is 41.0 Å². The Morgan fingerprint density at radius 1 is 1.43 bits per heavy atom. The Hall–Kier alpha value is -1.75. The van der Waals surface area contributed by atoms with Crippen molar-refractivity contribution in [3.05, 3.63) is 52.3 Å². The van der Waals surface area contributed by atoms with Crippen LogP contribution in [0, 0.1) is 0 Å². The van der Waals surface area contributed by atoms with Gasteiger partial charge in [0.2, 0.25) is 0 Å². The number of hydrogen-bond donors (Lipinski definition) is 1. The van der Waals surface area contributed by atoms with E-state index in [0.29, 0.717) is 5.56 Å². The first-order valence-electron chi connectivity index (χ1n) is 6.98. The van der Waals surface area contributed by atoms with Crippen molar-refractivity contribution in [3.63, 3.8) is 0 Å². The van der Waals surface area contributed by atoms with E-state index >= 15 is 0 Å². The molecular weight excluding hydrogens is 332 g/mol. The van der Waals surface area contributed by atoms with Crippen LogP contribution in [-0.4, -0.2) is 29.4 Å². The summed E-state index contributed by atoms with van der Waals surface area (Å²) in [4.78, 5) is 17.9. The molecule has 1 aromatic carbocycles. The van der Waals surface area contributed by atoms with Crippen molar-refractivity contribution >= 4 is 21.8 Å². The molecule has 1 amide bonds. The smallest absolute Gasteiger partial charge is 0.254 e. The number of aromatic amines is 1. The van der Waals surface area contributed by atoms with Crippen LogP contribution in [-0.2, 0) is 0 Å². The molecule has 3 rings (SSSR count). The first-order chi connectivity index (χ1) is 10.2. The number of hydrogen-bond acceptors (Lipinski definition) is 2. The molecule has 21 heavy (non-hydrogen) atoms. The summed E-state index contributed by atoms with van der Waals surface area (Å²) < 4.78 is 6.01. The van der Waals surface area contributed by atoms with Crippen molar-refractivity contribution in [1.82, 2.24) is 9.88 Å².